The molecule has 44 valence electrons. The van der Waals surface area contributed by atoms with E-state index >= 15 is 0 Å². The van der Waals surface area contributed by atoms with Gasteiger partial charge in [0.2, 0.25) is 0 Å². The molecule has 1 aromatic heterocycles. The van der Waals surface area contributed by atoms with Gasteiger partial charge in [0.15, 0.2) is 0 Å². The molecule has 1 aromatic rings. The maximum absolute atomic E-state index is 8.51. The van der Waals surface area contributed by atoms with Gasteiger partial charge in [0.05, 0.1) is 24.0 Å². The van der Waals surface area contributed by atoms with Crippen LogP contribution >= 0.6 is 11.7 Å². The molecule has 0 saturated carbocycles. The lowest BCUT2D eigenvalue weighted by Crippen LogP contribution is -1.84. The van der Waals surface area contributed by atoms with E-state index in [0.717, 1.165) is 17.4 Å². The third kappa shape index (κ3) is 0.850. The molecule has 0 aliphatic rings. The van der Waals surface area contributed by atoms with Gasteiger partial charge in [-0.25, -0.2) is 0 Å². The van der Waals surface area contributed by atoms with Crippen LogP contribution < -0.4 is 0 Å². The van der Waals surface area contributed by atoms with Gasteiger partial charge >= 0.3 is 0 Å². The molecule has 0 amide bonds. The summed E-state index contributed by atoms with van der Waals surface area (Å²) in [7, 11) is 0. The first-order valence-corrected chi connectivity index (χ1v) is 2.96. The van der Waals surface area contributed by atoms with Gasteiger partial charge in [-0.05, 0) is 6.92 Å². The largest absolute Gasteiger partial charge is 0.390 e. The third-order valence-electron chi connectivity index (χ3n) is 0.896. The highest BCUT2D eigenvalue weighted by Gasteiger charge is 1.97. The lowest BCUT2D eigenvalue weighted by Gasteiger charge is -1.83. The van der Waals surface area contributed by atoms with Gasteiger partial charge in [0.1, 0.15) is 5.69 Å². The highest BCUT2D eigenvalue weighted by Crippen LogP contribution is 2.01. The van der Waals surface area contributed by atoms with E-state index in [1.807, 2.05) is 6.92 Å². The van der Waals surface area contributed by atoms with Crippen LogP contribution in [0.1, 0.15) is 11.4 Å². The average Bonchev–Trinajstić information content (AvgIpc) is 2.14. The lowest BCUT2D eigenvalue weighted by atomic mass is 10.4. The Kier molecular flexibility index (Phi) is 1.55. The van der Waals surface area contributed by atoms with Gasteiger partial charge in [-0.15, -0.1) is 0 Å². The summed E-state index contributed by atoms with van der Waals surface area (Å²) in [5.74, 6) is 0. The summed E-state index contributed by atoms with van der Waals surface area (Å²) in [4.78, 5) is 0. The number of aliphatic hydroxyl groups excluding tert-OH is 1. The van der Waals surface area contributed by atoms with Crippen molar-refractivity contribution in [3.63, 3.8) is 0 Å². The van der Waals surface area contributed by atoms with Gasteiger partial charge in [-0.2, -0.15) is 8.75 Å². The van der Waals surface area contributed by atoms with Crippen molar-refractivity contribution < 1.29 is 5.11 Å². The van der Waals surface area contributed by atoms with E-state index < -0.39 is 0 Å². The lowest BCUT2D eigenvalue weighted by molar-refractivity contribution is 0.277. The van der Waals surface area contributed by atoms with E-state index in [2.05, 4.69) is 8.75 Å². The van der Waals surface area contributed by atoms with Crippen LogP contribution in [-0.4, -0.2) is 13.9 Å². The number of aryl methyl sites for hydroxylation is 1. The monoisotopic (exact) mass is 130 g/mol. The molecule has 0 bridgehead atoms. The second-order valence-electron chi connectivity index (χ2n) is 1.45. The summed E-state index contributed by atoms with van der Waals surface area (Å²) in [6.07, 6.45) is 0. The first-order valence-electron chi connectivity index (χ1n) is 2.23. The summed E-state index contributed by atoms with van der Waals surface area (Å²) in [6.45, 7) is 1.83. The number of nitrogens with zero attached hydrogens (tertiary/aromatic N) is 2. The summed E-state index contributed by atoms with van der Waals surface area (Å²) in [5, 5.41) is 8.51. The summed E-state index contributed by atoms with van der Waals surface area (Å²) < 4.78 is 7.67. The first-order chi connectivity index (χ1) is 3.84. The summed E-state index contributed by atoms with van der Waals surface area (Å²) in [6, 6.07) is 0. The molecule has 0 radical (unpaired) electrons. The molecule has 0 spiro atoms. The fourth-order valence-corrected chi connectivity index (χ4v) is 0.950. The molecular formula is C4H6N2OS. The highest BCUT2D eigenvalue weighted by atomic mass is 32.1. The van der Waals surface area contributed by atoms with Crippen LogP contribution in [0.2, 0.25) is 0 Å². The average molecular weight is 130 g/mol. The Morgan fingerprint density at radius 3 is 2.62 bits per heavy atom. The van der Waals surface area contributed by atoms with Gasteiger partial charge in [-0.1, -0.05) is 0 Å². The van der Waals surface area contributed by atoms with E-state index in [4.69, 9.17) is 5.11 Å². The Morgan fingerprint density at radius 2 is 2.38 bits per heavy atom. The number of hydrogen-bond acceptors (Lipinski definition) is 4. The predicted molar refractivity (Wildman–Crippen MR) is 30.6 cm³/mol. The van der Waals surface area contributed by atoms with E-state index in [1.165, 1.54) is 0 Å². The minimum absolute atomic E-state index is 0.00231. The van der Waals surface area contributed by atoms with Gasteiger partial charge in [0, 0.05) is 0 Å². The Bertz CT molecular complexity index is 174. The smallest absolute Gasteiger partial charge is 0.103 e. The zero-order chi connectivity index (χ0) is 5.98. The summed E-state index contributed by atoms with van der Waals surface area (Å²) >= 11 is 1.13. The van der Waals surface area contributed by atoms with Crippen LogP contribution in [0.5, 0.6) is 0 Å². The Hall–Kier alpha value is -0.480. The molecule has 0 unspecified atom stereocenters. The van der Waals surface area contributed by atoms with Crippen molar-refractivity contribution in [1.29, 1.82) is 0 Å². The molecule has 0 atom stereocenters. The molecule has 8 heavy (non-hydrogen) atoms. The van der Waals surface area contributed by atoms with Crippen molar-refractivity contribution in [2.75, 3.05) is 0 Å². The molecule has 0 saturated heterocycles. The quantitative estimate of drug-likeness (QED) is 0.596. The molecule has 0 aliphatic carbocycles. The van der Waals surface area contributed by atoms with Gasteiger partial charge < -0.3 is 5.11 Å². The Labute approximate surface area is 51.3 Å². The van der Waals surface area contributed by atoms with Gasteiger partial charge in [0.25, 0.3) is 0 Å². The summed E-state index contributed by atoms with van der Waals surface area (Å²) in [5.41, 5.74) is 1.52. The topological polar surface area (TPSA) is 46.0 Å². The third-order valence-corrected chi connectivity index (χ3v) is 1.55. The second kappa shape index (κ2) is 2.19. The second-order valence-corrected chi connectivity index (χ2v) is 1.98. The fraction of sp³-hybridized carbons (Fsp3) is 0.500. The Morgan fingerprint density at radius 1 is 1.62 bits per heavy atom. The van der Waals surface area contributed by atoms with Crippen molar-refractivity contribution in [2.45, 2.75) is 13.5 Å². The highest BCUT2D eigenvalue weighted by molar-refractivity contribution is 6.99. The molecule has 1 N–H and O–H groups in total. The van der Waals surface area contributed by atoms with Crippen LogP contribution in [0.3, 0.4) is 0 Å². The van der Waals surface area contributed by atoms with E-state index in [1.54, 1.807) is 0 Å². The maximum Gasteiger partial charge on any atom is 0.103 e. The van der Waals surface area contributed by atoms with E-state index in [-0.39, 0.29) is 6.61 Å². The van der Waals surface area contributed by atoms with Crippen molar-refractivity contribution in [3.8, 4) is 0 Å². The number of aromatic nitrogens is 2. The van der Waals surface area contributed by atoms with Crippen molar-refractivity contribution in [1.82, 2.24) is 8.75 Å². The minimum Gasteiger partial charge on any atom is -0.390 e. The molecular weight excluding hydrogens is 124 g/mol. The molecule has 0 fully saturated rings. The van der Waals surface area contributed by atoms with Crippen LogP contribution in [0, 0.1) is 6.92 Å². The van der Waals surface area contributed by atoms with E-state index in [0.29, 0.717) is 5.69 Å². The van der Waals surface area contributed by atoms with Crippen molar-refractivity contribution in [2.24, 2.45) is 0 Å². The number of aliphatic hydroxyl groups is 1. The zero-order valence-corrected chi connectivity index (χ0v) is 5.27. The van der Waals surface area contributed by atoms with Crippen LogP contribution in [0.15, 0.2) is 0 Å². The molecule has 1 rings (SSSR count). The van der Waals surface area contributed by atoms with Crippen molar-refractivity contribution in [3.05, 3.63) is 11.4 Å². The predicted octanol–water partition coefficient (Wildman–Crippen LogP) is 0.339. The first kappa shape index (κ1) is 5.65. The number of hydrogen-bond donors (Lipinski definition) is 1. The zero-order valence-electron chi connectivity index (χ0n) is 4.46. The maximum atomic E-state index is 8.51. The SMILES string of the molecule is Cc1nsnc1CO. The molecule has 4 heteroatoms. The fourth-order valence-electron chi connectivity index (χ4n) is 0.393. The molecule has 3 nitrogen and oxygen atoms in total. The van der Waals surface area contributed by atoms with Crippen molar-refractivity contribution >= 4 is 11.7 Å². The van der Waals surface area contributed by atoms with Gasteiger partial charge in [-0.3, -0.25) is 0 Å². The molecule has 1 heterocycles. The standard InChI is InChI=1S/C4H6N2OS/c1-3-4(2-7)6-8-5-3/h7H,2H2,1H3. The van der Waals surface area contributed by atoms with Crippen LogP contribution in [0.25, 0.3) is 0 Å². The normalized spacial score (nSPS) is 9.75. The van der Waals surface area contributed by atoms with Crippen LogP contribution in [-0.2, 0) is 6.61 Å². The minimum atomic E-state index is 0.00231. The van der Waals surface area contributed by atoms with Crippen LogP contribution in [0.4, 0.5) is 0 Å². The Balaban J connectivity index is 2.92. The molecule has 0 aliphatic heterocycles. The molecule has 0 aromatic carbocycles. The van der Waals surface area contributed by atoms with E-state index in [9.17, 15) is 0 Å². The number of rotatable bonds is 1.